The van der Waals surface area contributed by atoms with Crippen molar-refractivity contribution in [3.63, 3.8) is 0 Å². The van der Waals surface area contributed by atoms with Gasteiger partial charge < -0.3 is 14.0 Å². The molecule has 1 aliphatic carbocycles. The molecule has 4 heteroatoms. The third-order valence-electron chi connectivity index (χ3n) is 9.83. The zero-order valence-corrected chi connectivity index (χ0v) is 25.6. The Labute approximate surface area is 272 Å². The number of pyridine rings is 1. The highest BCUT2D eigenvalue weighted by atomic mass is 15.2. The number of benzene rings is 5. The maximum atomic E-state index is 5.33. The second kappa shape index (κ2) is 10.2. The van der Waals surface area contributed by atoms with Gasteiger partial charge in [0.15, 0.2) is 0 Å². The summed E-state index contributed by atoms with van der Waals surface area (Å²) in [5.41, 5.74) is 11.7. The highest BCUT2D eigenvalue weighted by Crippen LogP contribution is 2.47. The molecule has 0 saturated carbocycles. The van der Waals surface area contributed by atoms with E-state index in [0.29, 0.717) is 5.92 Å². The number of aromatic nitrogens is 3. The van der Waals surface area contributed by atoms with Gasteiger partial charge >= 0.3 is 0 Å². The van der Waals surface area contributed by atoms with Crippen LogP contribution in [0.3, 0.4) is 0 Å². The van der Waals surface area contributed by atoms with E-state index < -0.39 is 0 Å². The smallest absolute Gasteiger partial charge is 0.134 e. The van der Waals surface area contributed by atoms with Gasteiger partial charge in [0.25, 0.3) is 0 Å². The molecule has 0 bridgehead atoms. The van der Waals surface area contributed by atoms with Gasteiger partial charge in [0.05, 0.1) is 33.8 Å². The summed E-state index contributed by atoms with van der Waals surface area (Å²) in [6, 6.07) is 52.4. The van der Waals surface area contributed by atoms with Crippen molar-refractivity contribution in [2.75, 3.05) is 4.90 Å². The van der Waals surface area contributed by atoms with Crippen LogP contribution in [0.25, 0.3) is 55.5 Å². The first-order valence-electron chi connectivity index (χ1n) is 16.2. The predicted octanol–water partition coefficient (Wildman–Crippen LogP) is 10.5. The molecule has 0 radical (unpaired) electrons. The van der Waals surface area contributed by atoms with Gasteiger partial charge in [0.1, 0.15) is 5.82 Å². The van der Waals surface area contributed by atoms with E-state index in [-0.39, 0.29) is 6.04 Å². The lowest BCUT2D eigenvalue weighted by atomic mass is 9.91. The normalized spacial score (nSPS) is 16.7. The number of hydrogen-bond donors (Lipinski definition) is 0. The molecule has 222 valence electrons. The summed E-state index contributed by atoms with van der Waals surface area (Å²) in [5, 5.41) is 2.43. The lowest BCUT2D eigenvalue weighted by Crippen LogP contribution is -2.29. The van der Waals surface area contributed by atoms with E-state index in [0.717, 1.165) is 34.0 Å². The third-order valence-corrected chi connectivity index (χ3v) is 9.83. The van der Waals surface area contributed by atoms with Gasteiger partial charge in [0.2, 0.25) is 0 Å². The molecule has 0 fully saturated rings. The second-order valence-electron chi connectivity index (χ2n) is 12.4. The Morgan fingerprint density at radius 1 is 0.511 bits per heavy atom. The molecule has 2 atom stereocenters. The van der Waals surface area contributed by atoms with Crippen molar-refractivity contribution in [3.8, 4) is 22.6 Å². The van der Waals surface area contributed by atoms with Crippen LogP contribution in [0.4, 0.5) is 11.5 Å². The summed E-state index contributed by atoms with van der Waals surface area (Å²) in [6.45, 7) is 0. The number of anilines is 2. The van der Waals surface area contributed by atoms with Crippen LogP contribution in [0.15, 0.2) is 170 Å². The van der Waals surface area contributed by atoms with Crippen LogP contribution >= 0.6 is 0 Å². The highest BCUT2D eigenvalue weighted by Gasteiger charge is 2.37. The van der Waals surface area contributed by atoms with Crippen LogP contribution in [-0.2, 0) is 0 Å². The number of rotatable bonds is 4. The maximum Gasteiger partial charge on any atom is 0.134 e. The molecule has 1 aliphatic heterocycles. The summed E-state index contributed by atoms with van der Waals surface area (Å²) in [5.74, 6) is 1.29. The van der Waals surface area contributed by atoms with E-state index >= 15 is 0 Å². The Kier molecular flexibility index (Phi) is 5.67. The first-order valence-corrected chi connectivity index (χ1v) is 16.2. The molecule has 0 saturated heterocycles. The minimum absolute atomic E-state index is 0.213. The zero-order chi connectivity index (χ0) is 30.9. The van der Waals surface area contributed by atoms with Crippen molar-refractivity contribution in [2.45, 2.75) is 12.0 Å². The Morgan fingerprint density at radius 2 is 1.17 bits per heavy atom. The first kappa shape index (κ1) is 26.1. The van der Waals surface area contributed by atoms with Crippen molar-refractivity contribution >= 4 is 44.3 Å². The Morgan fingerprint density at radius 3 is 1.98 bits per heavy atom. The molecule has 10 rings (SSSR count). The topological polar surface area (TPSA) is 26.0 Å². The molecular weight excluding hydrogens is 573 g/mol. The summed E-state index contributed by atoms with van der Waals surface area (Å²) in [6.07, 6.45) is 8.94. The molecule has 0 amide bonds. The van der Waals surface area contributed by atoms with Crippen LogP contribution < -0.4 is 4.90 Å². The summed E-state index contributed by atoms with van der Waals surface area (Å²) < 4.78 is 4.85. The number of hydrogen-bond acceptors (Lipinski definition) is 2. The fraction of sp³-hybridized carbons (Fsp3) is 0.0465. The van der Waals surface area contributed by atoms with Gasteiger partial charge in [-0.1, -0.05) is 115 Å². The van der Waals surface area contributed by atoms with Crippen LogP contribution in [0.1, 0.15) is 11.5 Å². The van der Waals surface area contributed by atoms with E-state index in [1.165, 1.54) is 38.6 Å². The minimum Gasteiger partial charge on any atom is -0.318 e. The molecule has 2 unspecified atom stereocenters. The highest BCUT2D eigenvalue weighted by molar-refractivity contribution is 6.20. The second-order valence-corrected chi connectivity index (χ2v) is 12.4. The molecule has 0 spiro atoms. The SMILES string of the molecule is C1=CC2c3ccccc3N(c3cccc(-c4ccc5c(c4)n(-c4ccccc4)c4c6ccccc6n(-c6ccccc6)c54)n3)C2C=C1. The Bertz CT molecular complexity index is 2530. The lowest BCUT2D eigenvalue weighted by Gasteiger charge is -2.28. The quantitative estimate of drug-likeness (QED) is 0.200. The van der Waals surface area contributed by atoms with E-state index in [2.05, 4.69) is 184 Å². The number of para-hydroxylation sites is 4. The summed E-state index contributed by atoms with van der Waals surface area (Å²) >= 11 is 0. The molecule has 4 heterocycles. The summed E-state index contributed by atoms with van der Waals surface area (Å²) in [4.78, 5) is 7.73. The van der Waals surface area contributed by atoms with Crippen molar-refractivity contribution in [1.29, 1.82) is 0 Å². The van der Waals surface area contributed by atoms with Gasteiger partial charge in [-0.15, -0.1) is 0 Å². The fourth-order valence-corrected chi connectivity index (χ4v) is 7.86. The molecular formula is C43H30N4. The van der Waals surface area contributed by atoms with Crippen molar-refractivity contribution in [1.82, 2.24) is 14.1 Å². The van der Waals surface area contributed by atoms with Crippen LogP contribution in [-0.4, -0.2) is 20.2 Å². The van der Waals surface area contributed by atoms with Crippen LogP contribution in [0, 0.1) is 0 Å². The van der Waals surface area contributed by atoms with Crippen LogP contribution in [0.5, 0.6) is 0 Å². The van der Waals surface area contributed by atoms with Gasteiger partial charge in [-0.3, -0.25) is 0 Å². The maximum absolute atomic E-state index is 5.33. The van der Waals surface area contributed by atoms with E-state index in [1.54, 1.807) is 0 Å². The van der Waals surface area contributed by atoms with Crippen molar-refractivity contribution in [2.24, 2.45) is 0 Å². The molecule has 3 aromatic heterocycles. The largest absolute Gasteiger partial charge is 0.318 e. The molecule has 5 aromatic carbocycles. The van der Waals surface area contributed by atoms with Gasteiger partial charge in [0, 0.05) is 39.3 Å². The van der Waals surface area contributed by atoms with E-state index in [9.17, 15) is 0 Å². The molecule has 47 heavy (non-hydrogen) atoms. The van der Waals surface area contributed by atoms with Crippen molar-refractivity contribution < 1.29 is 0 Å². The van der Waals surface area contributed by atoms with Crippen LogP contribution in [0.2, 0.25) is 0 Å². The van der Waals surface area contributed by atoms with Gasteiger partial charge in [-0.25, -0.2) is 4.98 Å². The standard InChI is InChI=1S/C43H30N4/c1-3-14-30(15-4-1)45-39-24-12-9-20-34(39)42-43(45)35-27-26-29(28-40(35)46(42)31-16-5-2-6-17-31)36-21-13-25-41(44-36)47-37-22-10-7-18-32(37)33-19-8-11-23-38(33)47/h1-28,32,37H. The van der Waals surface area contributed by atoms with Gasteiger partial charge in [-0.2, -0.15) is 0 Å². The fourth-order valence-electron chi connectivity index (χ4n) is 7.86. The molecule has 2 aliphatic rings. The average Bonchev–Trinajstić information content (AvgIpc) is 3.78. The van der Waals surface area contributed by atoms with Crippen molar-refractivity contribution in [3.05, 3.63) is 175 Å². The zero-order valence-electron chi connectivity index (χ0n) is 25.6. The number of nitrogens with zero attached hydrogens (tertiary/aromatic N) is 4. The average molecular weight is 603 g/mol. The molecule has 0 N–H and O–H groups in total. The van der Waals surface area contributed by atoms with E-state index in [4.69, 9.17) is 4.98 Å². The number of fused-ring (bicyclic) bond motifs is 8. The summed E-state index contributed by atoms with van der Waals surface area (Å²) in [7, 11) is 0. The predicted molar refractivity (Wildman–Crippen MR) is 194 cm³/mol. The Hall–Kier alpha value is -6.13. The number of allylic oxidation sites excluding steroid dienone is 2. The van der Waals surface area contributed by atoms with E-state index in [1.807, 2.05) is 0 Å². The lowest BCUT2D eigenvalue weighted by molar-refractivity contribution is 0.738. The van der Waals surface area contributed by atoms with Gasteiger partial charge in [-0.05, 0) is 60.2 Å². The first-order chi connectivity index (χ1) is 23.3. The molecule has 4 nitrogen and oxygen atoms in total. The Balaban J connectivity index is 1.21. The molecule has 8 aromatic rings. The monoisotopic (exact) mass is 602 g/mol. The third kappa shape index (κ3) is 3.85. The minimum atomic E-state index is 0.213.